The Balaban J connectivity index is 1.45. The van der Waals surface area contributed by atoms with Gasteiger partial charge in [-0.05, 0) is 49.8 Å². The van der Waals surface area contributed by atoms with E-state index in [1.54, 1.807) is 0 Å². The maximum absolute atomic E-state index is 12.4. The van der Waals surface area contributed by atoms with Crippen LogP contribution in [-0.2, 0) is 4.79 Å². The van der Waals surface area contributed by atoms with Crippen LogP contribution >= 0.6 is 27.5 Å². The summed E-state index contributed by atoms with van der Waals surface area (Å²) < 4.78 is 0.968. The van der Waals surface area contributed by atoms with Crippen molar-refractivity contribution in [1.29, 1.82) is 0 Å². The highest BCUT2D eigenvalue weighted by Crippen LogP contribution is 2.35. The van der Waals surface area contributed by atoms with E-state index in [4.69, 9.17) is 11.6 Å². The predicted molar refractivity (Wildman–Crippen MR) is 110 cm³/mol. The molecule has 6 heteroatoms. The molecule has 138 valence electrons. The molecule has 0 atom stereocenters. The summed E-state index contributed by atoms with van der Waals surface area (Å²) in [5, 5.41) is 1.75. The molecule has 1 aromatic heterocycles. The Bertz CT molecular complexity index is 814. The van der Waals surface area contributed by atoms with E-state index in [0.29, 0.717) is 23.3 Å². The van der Waals surface area contributed by atoms with Gasteiger partial charge in [0.2, 0.25) is 5.91 Å². The molecule has 0 spiro atoms. The van der Waals surface area contributed by atoms with Crippen molar-refractivity contribution in [2.24, 2.45) is 5.92 Å². The maximum atomic E-state index is 12.4. The molecule has 26 heavy (non-hydrogen) atoms. The van der Waals surface area contributed by atoms with E-state index in [0.717, 1.165) is 67.2 Å². The lowest BCUT2D eigenvalue weighted by atomic mass is 9.92. The van der Waals surface area contributed by atoms with E-state index < -0.39 is 0 Å². The van der Waals surface area contributed by atoms with Crippen molar-refractivity contribution in [1.82, 2.24) is 9.88 Å². The van der Waals surface area contributed by atoms with Crippen LogP contribution in [0.3, 0.4) is 0 Å². The third kappa shape index (κ3) is 3.70. The Morgan fingerprint density at radius 2 is 1.92 bits per heavy atom. The van der Waals surface area contributed by atoms with Crippen molar-refractivity contribution < 1.29 is 4.79 Å². The zero-order chi connectivity index (χ0) is 18.1. The van der Waals surface area contributed by atoms with Crippen LogP contribution in [0.25, 0.3) is 10.9 Å². The van der Waals surface area contributed by atoms with Gasteiger partial charge in [0.25, 0.3) is 0 Å². The molecule has 0 N–H and O–H groups in total. The average Bonchev–Trinajstić information content (AvgIpc) is 3.17. The molecule has 2 aliphatic heterocycles. The number of fused-ring (bicyclic) bond motifs is 1. The number of nitrogens with zero attached hydrogens (tertiary/aromatic N) is 3. The smallest absolute Gasteiger partial charge is 0.222 e. The molecule has 2 aromatic rings. The van der Waals surface area contributed by atoms with Crippen LogP contribution in [0.5, 0.6) is 0 Å². The number of hydrogen-bond acceptors (Lipinski definition) is 3. The van der Waals surface area contributed by atoms with Gasteiger partial charge < -0.3 is 9.80 Å². The van der Waals surface area contributed by atoms with Gasteiger partial charge in [0.15, 0.2) is 0 Å². The highest BCUT2D eigenvalue weighted by molar-refractivity contribution is 9.10. The van der Waals surface area contributed by atoms with E-state index in [1.165, 1.54) is 5.69 Å². The minimum absolute atomic E-state index is 0.353. The van der Waals surface area contributed by atoms with Crippen LogP contribution in [0, 0.1) is 5.92 Å². The van der Waals surface area contributed by atoms with Crippen LogP contribution in [-0.4, -0.2) is 42.0 Å². The number of pyridine rings is 1. The molecule has 0 aliphatic carbocycles. The van der Waals surface area contributed by atoms with Gasteiger partial charge in [-0.1, -0.05) is 27.5 Å². The topological polar surface area (TPSA) is 36.4 Å². The summed E-state index contributed by atoms with van der Waals surface area (Å²) in [6.07, 6.45) is 6.99. The molecule has 0 bridgehead atoms. The molecule has 4 nitrogen and oxygen atoms in total. The normalized spacial score (nSPS) is 18.7. The number of carbonyl (C=O) groups is 1. The van der Waals surface area contributed by atoms with Gasteiger partial charge in [-0.25, -0.2) is 0 Å². The molecule has 2 aliphatic rings. The third-order valence-electron chi connectivity index (χ3n) is 5.62. The number of benzene rings is 1. The highest BCUT2D eigenvalue weighted by Gasteiger charge is 2.26. The SMILES string of the molecule is O=C(CC1CCN(c2ccnc3c(Cl)cc(Br)cc23)CC1)N1CCCC1. The molecule has 4 rings (SSSR count). The Kier molecular flexibility index (Phi) is 5.37. The molecular formula is C20H23BrClN3O. The molecule has 2 fully saturated rings. The van der Waals surface area contributed by atoms with Crippen LogP contribution < -0.4 is 4.90 Å². The Morgan fingerprint density at radius 3 is 2.65 bits per heavy atom. The Morgan fingerprint density at radius 1 is 1.19 bits per heavy atom. The largest absolute Gasteiger partial charge is 0.371 e. The number of piperidine rings is 1. The van der Waals surface area contributed by atoms with Crippen molar-refractivity contribution in [2.75, 3.05) is 31.1 Å². The van der Waals surface area contributed by atoms with Gasteiger partial charge in [0.1, 0.15) is 0 Å². The van der Waals surface area contributed by atoms with E-state index in [2.05, 4.69) is 37.9 Å². The minimum Gasteiger partial charge on any atom is -0.371 e. The first-order valence-electron chi connectivity index (χ1n) is 9.38. The summed E-state index contributed by atoms with van der Waals surface area (Å²) in [4.78, 5) is 21.3. The maximum Gasteiger partial charge on any atom is 0.222 e. The number of hydrogen-bond donors (Lipinski definition) is 0. The quantitative estimate of drug-likeness (QED) is 0.688. The molecule has 1 aromatic carbocycles. The van der Waals surface area contributed by atoms with Gasteiger partial charge in [-0.15, -0.1) is 0 Å². The monoisotopic (exact) mass is 435 g/mol. The van der Waals surface area contributed by atoms with Crippen LogP contribution in [0.4, 0.5) is 5.69 Å². The summed E-state index contributed by atoms with van der Waals surface area (Å²) in [5.41, 5.74) is 2.03. The fourth-order valence-corrected chi connectivity index (χ4v) is 5.02. The highest BCUT2D eigenvalue weighted by atomic mass is 79.9. The summed E-state index contributed by atoms with van der Waals surface area (Å²) in [6, 6.07) is 6.05. The molecular weight excluding hydrogens is 414 g/mol. The first-order chi connectivity index (χ1) is 12.6. The van der Waals surface area contributed by atoms with Crippen LogP contribution in [0.2, 0.25) is 5.02 Å². The lowest BCUT2D eigenvalue weighted by Gasteiger charge is -2.34. The Labute approximate surface area is 167 Å². The molecule has 0 saturated carbocycles. The lowest BCUT2D eigenvalue weighted by Crippen LogP contribution is -2.36. The fourth-order valence-electron chi connectivity index (χ4n) is 4.16. The van der Waals surface area contributed by atoms with Crippen LogP contribution in [0.15, 0.2) is 28.9 Å². The Hall–Kier alpha value is -1.33. The number of rotatable bonds is 3. The van der Waals surface area contributed by atoms with E-state index in [-0.39, 0.29) is 0 Å². The zero-order valence-electron chi connectivity index (χ0n) is 14.8. The molecule has 3 heterocycles. The summed E-state index contributed by atoms with van der Waals surface area (Å²) in [7, 11) is 0. The predicted octanol–water partition coefficient (Wildman–Crippen LogP) is 4.88. The molecule has 0 unspecified atom stereocenters. The summed E-state index contributed by atoms with van der Waals surface area (Å²) in [6.45, 7) is 3.86. The van der Waals surface area contributed by atoms with Gasteiger partial charge in [0, 0.05) is 54.3 Å². The number of carbonyl (C=O) groups excluding carboxylic acids is 1. The molecule has 2 saturated heterocycles. The second kappa shape index (κ2) is 7.73. The van der Waals surface area contributed by atoms with Gasteiger partial charge in [0.05, 0.1) is 10.5 Å². The standard InChI is InChI=1S/C20H23BrClN3O/c21-15-12-16-18(3-6-23-20(16)17(22)13-15)24-9-4-14(5-10-24)11-19(26)25-7-1-2-8-25/h3,6,12-14H,1-2,4-5,7-11H2. The van der Waals surface area contributed by atoms with Gasteiger partial charge in [-0.3, -0.25) is 9.78 Å². The van der Waals surface area contributed by atoms with E-state index in [1.807, 2.05) is 17.2 Å². The lowest BCUT2D eigenvalue weighted by molar-refractivity contribution is -0.131. The first kappa shape index (κ1) is 18.1. The average molecular weight is 437 g/mol. The van der Waals surface area contributed by atoms with Crippen molar-refractivity contribution in [3.63, 3.8) is 0 Å². The number of halogens is 2. The summed E-state index contributed by atoms with van der Waals surface area (Å²) in [5.74, 6) is 0.855. The fraction of sp³-hybridized carbons (Fsp3) is 0.500. The van der Waals surface area contributed by atoms with Gasteiger partial charge in [-0.2, -0.15) is 0 Å². The number of aromatic nitrogens is 1. The second-order valence-corrected chi connectivity index (χ2v) is 8.66. The summed E-state index contributed by atoms with van der Waals surface area (Å²) >= 11 is 9.90. The van der Waals surface area contributed by atoms with Crippen molar-refractivity contribution in [3.05, 3.63) is 33.9 Å². The van der Waals surface area contributed by atoms with E-state index in [9.17, 15) is 4.79 Å². The minimum atomic E-state index is 0.353. The third-order valence-corrected chi connectivity index (χ3v) is 6.36. The van der Waals surface area contributed by atoms with E-state index >= 15 is 0 Å². The molecule has 1 amide bonds. The first-order valence-corrected chi connectivity index (χ1v) is 10.6. The van der Waals surface area contributed by atoms with Gasteiger partial charge >= 0.3 is 0 Å². The second-order valence-electron chi connectivity index (χ2n) is 7.34. The number of amides is 1. The molecule has 0 radical (unpaired) electrons. The van der Waals surface area contributed by atoms with Crippen molar-refractivity contribution in [3.8, 4) is 0 Å². The number of anilines is 1. The van der Waals surface area contributed by atoms with Crippen molar-refractivity contribution >= 4 is 50.0 Å². The number of likely N-dealkylation sites (tertiary alicyclic amines) is 1. The zero-order valence-corrected chi connectivity index (χ0v) is 17.1. The van der Waals surface area contributed by atoms with Crippen LogP contribution in [0.1, 0.15) is 32.1 Å². The van der Waals surface area contributed by atoms with Crippen molar-refractivity contribution in [2.45, 2.75) is 32.1 Å².